The zero-order chi connectivity index (χ0) is 15.1. The van der Waals surface area contributed by atoms with Crippen LogP contribution in [0.1, 0.15) is 44.9 Å². The molecule has 0 N–H and O–H groups in total. The smallest absolute Gasteiger partial charge is 0.212 e. The molecule has 2 saturated carbocycles. The fourth-order valence-electron chi connectivity index (χ4n) is 3.33. The highest BCUT2D eigenvalue weighted by molar-refractivity contribution is 7.90. The first kappa shape index (κ1) is 15.7. The van der Waals surface area contributed by atoms with Gasteiger partial charge in [0.1, 0.15) is 0 Å². The van der Waals surface area contributed by atoms with Crippen LogP contribution in [0.25, 0.3) is 0 Å². The van der Waals surface area contributed by atoms with Crippen molar-refractivity contribution in [2.24, 2.45) is 0 Å². The highest BCUT2D eigenvalue weighted by Gasteiger charge is 2.43. The SMILES string of the molecule is O=S(=O)(C1CCCCC1)N1CCN(S(=O)(=O)C2CC2)CC1. The van der Waals surface area contributed by atoms with Crippen LogP contribution < -0.4 is 0 Å². The van der Waals surface area contributed by atoms with Crippen molar-refractivity contribution in [3.05, 3.63) is 0 Å². The molecule has 0 atom stereocenters. The van der Waals surface area contributed by atoms with Crippen LogP contribution in [-0.4, -0.2) is 62.1 Å². The molecule has 0 aromatic carbocycles. The monoisotopic (exact) mass is 336 g/mol. The van der Waals surface area contributed by atoms with E-state index in [0.29, 0.717) is 26.2 Å². The van der Waals surface area contributed by atoms with E-state index in [2.05, 4.69) is 0 Å². The lowest BCUT2D eigenvalue weighted by Gasteiger charge is -2.36. The second kappa shape index (κ2) is 5.79. The van der Waals surface area contributed by atoms with Crippen LogP contribution in [0.5, 0.6) is 0 Å². The van der Waals surface area contributed by atoms with Gasteiger partial charge in [0, 0.05) is 26.2 Å². The number of rotatable bonds is 4. The summed E-state index contributed by atoms with van der Waals surface area (Å²) in [6.07, 6.45) is 6.11. The van der Waals surface area contributed by atoms with E-state index in [0.717, 1.165) is 44.9 Å². The summed E-state index contributed by atoms with van der Waals surface area (Å²) in [7, 11) is -6.42. The van der Waals surface area contributed by atoms with Crippen molar-refractivity contribution in [1.29, 1.82) is 0 Å². The van der Waals surface area contributed by atoms with E-state index < -0.39 is 20.0 Å². The van der Waals surface area contributed by atoms with Crippen molar-refractivity contribution < 1.29 is 16.8 Å². The standard InChI is InChI=1S/C13H24N2O4S2/c16-20(17,12-4-2-1-3-5-12)14-8-10-15(11-9-14)21(18,19)13-6-7-13/h12-13H,1-11H2. The Morgan fingerprint density at radius 2 is 0.952 bits per heavy atom. The molecule has 8 heteroatoms. The van der Waals surface area contributed by atoms with Gasteiger partial charge in [-0.15, -0.1) is 0 Å². The van der Waals surface area contributed by atoms with Gasteiger partial charge >= 0.3 is 0 Å². The summed E-state index contributed by atoms with van der Waals surface area (Å²) in [4.78, 5) is 0. The molecule has 1 heterocycles. The van der Waals surface area contributed by atoms with Crippen LogP contribution in [0.15, 0.2) is 0 Å². The van der Waals surface area contributed by atoms with Gasteiger partial charge in [0.05, 0.1) is 10.5 Å². The Morgan fingerprint density at radius 3 is 1.33 bits per heavy atom. The predicted octanol–water partition coefficient (Wildman–Crippen LogP) is 0.759. The van der Waals surface area contributed by atoms with E-state index in [1.165, 1.54) is 8.61 Å². The minimum Gasteiger partial charge on any atom is -0.212 e. The number of nitrogens with zero attached hydrogens (tertiary/aromatic N) is 2. The molecule has 1 saturated heterocycles. The highest BCUT2D eigenvalue weighted by atomic mass is 32.2. The summed E-state index contributed by atoms with van der Waals surface area (Å²) in [6.45, 7) is 1.24. The fourth-order valence-corrected chi connectivity index (χ4v) is 7.18. The summed E-state index contributed by atoms with van der Waals surface area (Å²) in [5, 5.41) is -0.461. The van der Waals surface area contributed by atoms with Gasteiger partial charge in [0.15, 0.2) is 0 Å². The molecule has 2 aliphatic carbocycles. The maximum atomic E-state index is 12.6. The van der Waals surface area contributed by atoms with E-state index in [4.69, 9.17) is 0 Å². The van der Waals surface area contributed by atoms with Gasteiger partial charge in [-0.25, -0.2) is 16.8 Å². The third-order valence-electron chi connectivity index (χ3n) is 4.84. The Kier molecular flexibility index (Phi) is 4.33. The Labute approximate surface area is 127 Å². The zero-order valence-corrected chi connectivity index (χ0v) is 13.9. The Balaban J connectivity index is 1.62. The van der Waals surface area contributed by atoms with Crippen LogP contribution >= 0.6 is 0 Å². The number of hydrogen-bond acceptors (Lipinski definition) is 4. The lowest BCUT2D eigenvalue weighted by atomic mass is 10.0. The van der Waals surface area contributed by atoms with Crippen molar-refractivity contribution in [2.45, 2.75) is 55.4 Å². The first-order valence-electron chi connectivity index (χ1n) is 7.90. The minimum absolute atomic E-state index is 0.209. The van der Waals surface area contributed by atoms with Gasteiger partial charge in [-0.05, 0) is 25.7 Å². The molecule has 3 fully saturated rings. The van der Waals surface area contributed by atoms with E-state index in [1.807, 2.05) is 0 Å². The molecule has 0 spiro atoms. The van der Waals surface area contributed by atoms with Gasteiger partial charge in [-0.1, -0.05) is 19.3 Å². The predicted molar refractivity (Wildman–Crippen MR) is 80.9 cm³/mol. The molecule has 21 heavy (non-hydrogen) atoms. The third-order valence-corrected chi connectivity index (χ3v) is 9.63. The van der Waals surface area contributed by atoms with E-state index in [1.54, 1.807) is 0 Å². The Morgan fingerprint density at radius 1 is 0.571 bits per heavy atom. The molecule has 122 valence electrons. The molecular weight excluding hydrogens is 312 g/mol. The molecule has 3 aliphatic rings. The molecule has 0 unspecified atom stereocenters. The molecule has 6 nitrogen and oxygen atoms in total. The van der Waals surface area contributed by atoms with Crippen LogP contribution in [0.4, 0.5) is 0 Å². The average Bonchev–Trinajstić information content (AvgIpc) is 3.33. The van der Waals surface area contributed by atoms with Crippen LogP contribution in [0.3, 0.4) is 0 Å². The molecular formula is C13H24N2O4S2. The van der Waals surface area contributed by atoms with Crippen molar-refractivity contribution in [3.63, 3.8) is 0 Å². The molecule has 1 aliphatic heterocycles. The topological polar surface area (TPSA) is 74.8 Å². The van der Waals surface area contributed by atoms with Crippen molar-refractivity contribution in [3.8, 4) is 0 Å². The lowest BCUT2D eigenvalue weighted by Crippen LogP contribution is -2.53. The molecule has 0 aromatic rings. The van der Waals surface area contributed by atoms with Gasteiger partial charge < -0.3 is 0 Å². The Bertz CT molecular complexity index is 569. The Hall–Kier alpha value is -0.180. The van der Waals surface area contributed by atoms with E-state index in [9.17, 15) is 16.8 Å². The molecule has 0 bridgehead atoms. The second-order valence-electron chi connectivity index (χ2n) is 6.35. The van der Waals surface area contributed by atoms with Gasteiger partial charge in [-0.2, -0.15) is 8.61 Å². The van der Waals surface area contributed by atoms with Crippen molar-refractivity contribution in [2.75, 3.05) is 26.2 Å². The third kappa shape index (κ3) is 3.13. The summed E-state index contributed by atoms with van der Waals surface area (Å²) in [5.41, 5.74) is 0. The number of sulfonamides is 2. The van der Waals surface area contributed by atoms with Gasteiger partial charge in [0.2, 0.25) is 20.0 Å². The van der Waals surface area contributed by atoms with Crippen LogP contribution in [0.2, 0.25) is 0 Å². The maximum absolute atomic E-state index is 12.6. The first-order valence-corrected chi connectivity index (χ1v) is 10.9. The first-order chi connectivity index (χ1) is 9.92. The molecule has 0 radical (unpaired) electrons. The molecule has 0 amide bonds. The van der Waals surface area contributed by atoms with Crippen LogP contribution in [0, 0.1) is 0 Å². The normalized spacial score (nSPS) is 27.8. The fraction of sp³-hybridized carbons (Fsp3) is 1.00. The summed E-state index contributed by atoms with van der Waals surface area (Å²) in [5.74, 6) is 0. The number of piperazine rings is 1. The summed E-state index contributed by atoms with van der Waals surface area (Å²) < 4.78 is 52.5. The van der Waals surface area contributed by atoms with E-state index >= 15 is 0 Å². The lowest BCUT2D eigenvalue weighted by molar-refractivity contribution is 0.268. The van der Waals surface area contributed by atoms with Crippen LogP contribution in [-0.2, 0) is 20.0 Å². The largest absolute Gasteiger partial charge is 0.217 e. The zero-order valence-electron chi connectivity index (χ0n) is 12.3. The van der Waals surface area contributed by atoms with Gasteiger partial charge in [0.25, 0.3) is 0 Å². The summed E-state index contributed by atoms with van der Waals surface area (Å²) >= 11 is 0. The maximum Gasteiger partial charge on any atom is 0.217 e. The second-order valence-corrected chi connectivity index (χ2v) is 10.8. The quantitative estimate of drug-likeness (QED) is 0.759. The summed E-state index contributed by atoms with van der Waals surface area (Å²) in [6, 6.07) is 0. The van der Waals surface area contributed by atoms with Gasteiger partial charge in [-0.3, -0.25) is 0 Å². The average molecular weight is 336 g/mol. The number of hydrogen-bond donors (Lipinski definition) is 0. The van der Waals surface area contributed by atoms with Crippen molar-refractivity contribution >= 4 is 20.0 Å². The van der Waals surface area contributed by atoms with E-state index in [-0.39, 0.29) is 10.5 Å². The minimum atomic E-state index is -3.25. The highest BCUT2D eigenvalue weighted by Crippen LogP contribution is 2.32. The molecule has 3 rings (SSSR count). The van der Waals surface area contributed by atoms with Crippen molar-refractivity contribution in [1.82, 2.24) is 8.61 Å². The molecule has 0 aromatic heterocycles.